The first-order valence-corrected chi connectivity index (χ1v) is 5.83. The zero-order valence-corrected chi connectivity index (χ0v) is 10.4. The molecule has 0 N–H and O–H groups in total. The molecule has 0 heterocycles. The second kappa shape index (κ2) is 6.62. The van der Waals surface area contributed by atoms with Crippen LogP contribution in [0.5, 0.6) is 5.75 Å². The maximum atomic E-state index is 10.2. The van der Waals surface area contributed by atoms with Crippen molar-refractivity contribution in [2.45, 2.75) is 25.7 Å². The molecule has 0 radical (unpaired) electrons. The van der Waals surface area contributed by atoms with Crippen LogP contribution in [0.1, 0.15) is 24.8 Å². The molecule has 0 bridgehead atoms. The number of carbonyl (C=O) groups is 1. The third kappa shape index (κ3) is 4.04. The molecule has 0 aliphatic carbocycles. The number of ether oxygens (including phenoxy) is 1. The topological polar surface area (TPSA) is 26.3 Å². The normalized spacial score (nSPS) is 10.0. The summed E-state index contributed by atoms with van der Waals surface area (Å²) in [4.78, 5) is 10.2. The zero-order valence-electron chi connectivity index (χ0n) is 8.83. The van der Waals surface area contributed by atoms with Gasteiger partial charge in [0.25, 0.3) is 0 Å². The van der Waals surface area contributed by atoms with Gasteiger partial charge in [0.05, 0.1) is 7.11 Å². The van der Waals surface area contributed by atoms with E-state index in [2.05, 4.69) is 22.0 Å². The second-order valence-corrected chi connectivity index (χ2v) is 4.28. The van der Waals surface area contributed by atoms with Crippen molar-refractivity contribution in [1.29, 1.82) is 0 Å². The summed E-state index contributed by atoms with van der Waals surface area (Å²) in [5, 5.41) is 0. The maximum Gasteiger partial charge on any atom is 0.122 e. The Labute approximate surface area is 98.8 Å². The van der Waals surface area contributed by atoms with Crippen molar-refractivity contribution in [3.63, 3.8) is 0 Å². The number of rotatable bonds is 6. The van der Waals surface area contributed by atoms with E-state index in [9.17, 15) is 4.79 Å². The predicted molar refractivity (Wildman–Crippen MR) is 64.3 cm³/mol. The van der Waals surface area contributed by atoms with Gasteiger partial charge in [-0.15, -0.1) is 0 Å². The van der Waals surface area contributed by atoms with Crippen LogP contribution in [0.2, 0.25) is 0 Å². The summed E-state index contributed by atoms with van der Waals surface area (Å²) in [7, 11) is 1.68. The summed E-state index contributed by atoms with van der Waals surface area (Å²) < 4.78 is 6.33. The smallest absolute Gasteiger partial charge is 0.122 e. The highest BCUT2D eigenvalue weighted by Crippen LogP contribution is 2.24. The van der Waals surface area contributed by atoms with E-state index in [0.29, 0.717) is 6.42 Å². The average Bonchev–Trinajstić information content (AvgIpc) is 2.25. The molecule has 0 unspecified atom stereocenters. The summed E-state index contributed by atoms with van der Waals surface area (Å²) in [5.41, 5.74) is 1.19. The molecular formula is C12H15BrO2. The number of carbonyl (C=O) groups excluding carboxylic acids is 1. The number of aryl methyl sites for hydroxylation is 1. The van der Waals surface area contributed by atoms with Gasteiger partial charge < -0.3 is 9.53 Å². The molecule has 1 aromatic carbocycles. The minimum Gasteiger partial charge on any atom is -0.496 e. The van der Waals surface area contributed by atoms with Gasteiger partial charge in [-0.1, -0.05) is 15.9 Å². The molecule has 0 amide bonds. The standard InChI is InChI=1S/C12H15BrO2/c1-15-12-7-6-11(13)9-10(12)5-3-2-4-8-14/h6-9H,2-5H2,1H3. The van der Waals surface area contributed by atoms with Crippen molar-refractivity contribution >= 4 is 22.2 Å². The second-order valence-electron chi connectivity index (χ2n) is 3.37. The molecule has 2 nitrogen and oxygen atoms in total. The van der Waals surface area contributed by atoms with Crippen LogP contribution in [-0.2, 0) is 11.2 Å². The first kappa shape index (κ1) is 12.2. The van der Waals surface area contributed by atoms with Crippen molar-refractivity contribution in [3.8, 4) is 5.75 Å². The lowest BCUT2D eigenvalue weighted by Crippen LogP contribution is -1.92. The van der Waals surface area contributed by atoms with Gasteiger partial charge in [0, 0.05) is 10.9 Å². The van der Waals surface area contributed by atoms with Crippen LogP contribution in [0, 0.1) is 0 Å². The Morgan fingerprint density at radius 2 is 2.20 bits per heavy atom. The predicted octanol–water partition coefficient (Wildman–Crippen LogP) is 3.37. The van der Waals surface area contributed by atoms with E-state index in [1.165, 1.54) is 5.56 Å². The minimum atomic E-state index is 0.649. The van der Waals surface area contributed by atoms with E-state index in [-0.39, 0.29) is 0 Å². The molecule has 1 rings (SSSR count). The fourth-order valence-corrected chi connectivity index (χ4v) is 1.89. The number of aldehydes is 1. The van der Waals surface area contributed by atoms with Gasteiger partial charge in [-0.3, -0.25) is 0 Å². The van der Waals surface area contributed by atoms with Crippen molar-refractivity contribution in [2.75, 3.05) is 7.11 Å². The van der Waals surface area contributed by atoms with Crippen LogP contribution in [0.15, 0.2) is 22.7 Å². The molecule has 82 valence electrons. The average molecular weight is 271 g/mol. The zero-order chi connectivity index (χ0) is 11.1. The van der Waals surface area contributed by atoms with Crippen LogP contribution >= 0.6 is 15.9 Å². The highest BCUT2D eigenvalue weighted by Gasteiger charge is 2.03. The van der Waals surface area contributed by atoms with E-state index in [1.807, 2.05) is 12.1 Å². The van der Waals surface area contributed by atoms with Gasteiger partial charge in [0.1, 0.15) is 12.0 Å². The summed E-state index contributed by atoms with van der Waals surface area (Å²) in [6.07, 6.45) is 4.54. The van der Waals surface area contributed by atoms with Gasteiger partial charge >= 0.3 is 0 Å². The lowest BCUT2D eigenvalue weighted by molar-refractivity contribution is -0.107. The van der Waals surface area contributed by atoms with Crippen molar-refractivity contribution in [2.24, 2.45) is 0 Å². The minimum absolute atomic E-state index is 0.649. The number of benzene rings is 1. The van der Waals surface area contributed by atoms with Crippen LogP contribution in [0.3, 0.4) is 0 Å². The van der Waals surface area contributed by atoms with Crippen LogP contribution in [0.25, 0.3) is 0 Å². The van der Waals surface area contributed by atoms with E-state index in [4.69, 9.17) is 4.74 Å². The Morgan fingerprint density at radius 3 is 2.87 bits per heavy atom. The van der Waals surface area contributed by atoms with Crippen molar-refractivity contribution in [1.82, 2.24) is 0 Å². The number of hydrogen-bond donors (Lipinski definition) is 0. The molecule has 3 heteroatoms. The Morgan fingerprint density at radius 1 is 1.40 bits per heavy atom. The van der Waals surface area contributed by atoms with Crippen LogP contribution in [0.4, 0.5) is 0 Å². The first-order chi connectivity index (χ1) is 7.27. The van der Waals surface area contributed by atoms with Gasteiger partial charge in [0.15, 0.2) is 0 Å². The molecular weight excluding hydrogens is 256 g/mol. The lowest BCUT2D eigenvalue weighted by atomic mass is 10.1. The number of unbranched alkanes of at least 4 members (excludes halogenated alkanes) is 2. The number of halogens is 1. The molecule has 1 aromatic rings. The third-order valence-electron chi connectivity index (χ3n) is 2.26. The molecule has 0 spiro atoms. The van der Waals surface area contributed by atoms with E-state index >= 15 is 0 Å². The number of methoxy groups -OCH3 is 1. The SMILES string of the molecule is COc1ccc(Br)cc1CCCCC=O. The molecule has 0 saturated carbocycles. The van der Waals surface area contributed by atoms with Crippen LogP contribution in [-0.4, -0.2) is 13.4 Å². The molecule has 0 saturated heterocycles. The van der Waals surface area contributed by atoms with E-state index in [0.717, 1.165) is 35.8 Å². The Balaban J connectivity index is 2.57. The maximum absolute atomic E-state index is 10.2. The van der Waals surface area contributed by atoms with Gasteiger partial charge in [0.2, 0.25) is 0 Å². The van der Waals surface area contributed by atoms with Crippen LogP contribution < -0.4 is 4.74 Å². The number of hydrogen-bond acceptors (Lipinski definition) is 2. The summed E-state index contributed by atoms with van der Waals surface area (Å²) >= 11 is 3.44. The summed E-state index contributed by atoms with van der Waals surface area (Å²) in [6, 6.07) is 5.99. The molecule has 0 aromatic heterocycles. The molecule has 15 heavy (non-hydrogen) atoms. The van der Waals surface area contributed by atoms with Crippen molar-refractivity contribution < 1.29 is 9.53 Å². The lowest BCUT2D eigenvalue weighted by Gasteiger charge is -2.08. The fourth-order valence-electron chi connectivity index (χ4n) is 1.49. The Kier molecular flexibility index (Phi) is 5.40. The molecule has 0 aliphatic rings. The third-order valence-corrected chi connectivity index (χ3v) is 2.75. The highest BCUT2D eigenvalue weighted by molar-refractivity contribution is 9.10. The monoisotopic (exact) mass is 270 g/mol. The first-order valence-electron chi connectivity index (χ1n) is 5.04. The van der Waals surface area contributed by atoms with Crippen molar-refractivity contribution in [3.05, 3.63) is 28.2 Å². The highest BCUT2D eigenvalue weighted by atomic mass is 79.9. The Hall–Kier alpha value is -0.830. The molecule has 0 fully saturated rings. The summed E-state index contributed by atoms with van der Waals surface area (Å²) in [6.45, 7) is 0. The fraction of sp³-hybridized carbons (Fsp3) is 0.417. The van der Waals surface area contributed by atoms with Gasteiger partial charge in [-0.2, -0.15) is 0 Å². The summed E-state index contributed by atoms with van der Waals surface area (Å²) in [5.74, 6) is 0.921. The van der Waals surface area contributed by atoms with Gasteiger partial charge in [-0.25, -0.2) is 0 Å². The van der Waals surface area contributed by atoms with E-state index < -0.39 is 0 Å². The van der Waals surface area contributed by atoms with Gasteiger partial charge in [-0.05, 0) is 43.0 Å². The van der Waals surface area contributed by atoms with E-state index in [1.54, 1.807) is 7.11 Å². The quantitative estimate of drug-likeness (QED) is 0.585. The molecule has 0 aliphatic heterocycles. The largest absolute Gasteiger partial charge is 0.496 e. The molecule has 0 atom stereocenters. The Bertz CT molecular complexity index is 323.